The summed E-state index contributed by atoms with van der Waals surface area (Å²) in [6, 6.07) is 4.93. The molecule has 1 fully saturated rings. The highest BCUT2D eigenvalue weighted by atomic mass is 32.2. The second kappa shape index (κ2) is 5.85. The highest BCUT2D eigenvalue weighted by Crippen LogP contribution is 2.24. The first-order valence-corrected chi connectivity index (χ1v) is 9.02. The van der Waals surface area contributed by atoms with E-state index in [1.165, 1.54) is 18.2 Å². The number of quaternary nitrogens is 1. The number of hydrogen-bond donors (Lipinski definition) is 2. The first-order valence-electron chi connectivity index (χ1n) is 7.54. The molecule has 1 saturated heterocycles. The zero-order valence-electron chi connectivity index (χ0n) is 13.9. The van der Waals surface area contributed by atoms with Gasteiger partial charge in [-0.25, -0.2) is 13.1 Å². The molecule has 0 bridgehead atoms. The minimum absolute atomic E-state index is 0.0718. The largest absolute Gasteiger partial charge is 0.337 e. The van der Waals surface area contributed by atoms with Crippen molar-refractivity contribution < 1.29 is 18.7 Å². The first-order chi connectivity index (χ1) is 10.4. The molecule has 128 valence electrons. The number of benzene rings is 1. The lowest BCUT2D eigenvalue weighted by Gasteiger charge is -2.42. The van der Waals surface area contributed by atoms with E-state index >= 15 is 0 Å². The Morgan fingerprint density at radius 2 is 1.78 bits per heavy atom. The van der Waals surface area contributed by atoms with E-state index < -0.39 is 14.9 Å². The molecule has 0 atom stereocenters. The summed E-state index contributed by atoms with van der Waals surface area (Å²) in [7, 11) is -3.78. The van der Waals surface area contributed by atoms with Gasteiger partial charge in [0.05, 0.1) is 20.9 Å². The Kier molecular flexibility index (Phi) is 4.53. The van der Waals surface area contributed by atoms with Crippen LogP contribution in [-0.4, -0.2) is 30.5 Å². The number of nitrogens with zero attached hydrogens (tertiary/aromatic N) is 1. The quantitative estimate of drug-likeness (QED) is 0.632. The normalized spacial score (nSPS) is 21.0. The van der Waals surface area contributed by atoms with Gasteiger partial charge in [-0.1, -0.05) is 6.07 Å². The van der Waals surface area contributed by atoms with E-state index in [-0.39, 0.29) is 27.7 Å². The van der Waals surface area contributed by atoms with Crippen molar-refractivity contribution in [2.75, 3.05) is 0 Å². The number of nitro benzene ring substituents is 1. The summed E-state index contributed by atoms with van der Waals surface area (Å²) < 4.78 is 27.8. The van der Waals surface area contributed by atoms with Gasteiger partial charge in [-0.3, -0.25) is 10.1 Å². The zero-order valence-corrected chi connectivity index (χ0v) is 14.7. The Morgan fingerprint density at radius 3 is 2.30 bits per heavy atom. The fourth-order valence-corrected chi connectivity index (χ4v) is 4.93. The average molecular weight is 342 g/mol. The SMILES string of the molecule is CC1(C)CC(NS(=O)(=O)c2cccc([N+](=O)[O-])c2)CC(C)(C)[NH2+]1. The summed E-state index contributed by atoms with van der Waals surface area (Å²) in [5, 5.41) is 13.1. The van der Waals surface area contributed by atoms with Crippen LogP contribution in [0.2, 0.25) is 0 Å². The Balaban J connectivity index is 2.24. The minimum atomic E-state index is -3.78. The third kappa shape index (κ3) is 4.49. The number of sulfonamides is 1. The van der Waals surface area contributed by atoms with Gasteiger partial charge in [0.1, 0.15) is 0 Å². The van der Waals surface area contributed by atoms with E-state index in [4.69, 9.17) is 0 Å². The van der Waals surface area contributed by atoms with Crippen LogP contribution < -0.4 is 10.0 Å². The molecule has 0 spiro atoms. The van der Waals surface area contributed by atoms with E-state index in [0.717, 1.165) is 6.07 Å². The molecule has 3 N–H and O–H groups in total. The van der Waals surface area contributed by atoms with Crippen LogP contribution in [-0.2, 0) is 10.0 Å². The van der Waals surface area contributed by atoms with Gasteiger partial charge < -0.3 is 5.32 Å². The Labute approximate surface area is 136 Å². The number of hydrogen-bond acceptors (Lipinski definition) is 4. The van der Waals surface area contributed by atoms with Gasteiger partial charge in [0.2, 0.25) is 10.0 Å². The summed E-state index contributed by atoms with van der Waals surface area (Å²) in [5.41, 5.74) is -0.375. The molecule has 0 saturated carbocycles. The molecule has 0 amide bonds. The van der Waals surface area contributed by atoms with Gasteiger partial charge in [0.15, 0.2) is 0 Å². The van der Waals surface area contributed by atoms with Crippen LogP contribution in [0, 0.1) is 10.1 Å². The smallest absolute Gasteiger partial charge is 0.270 e. The van der Waals surface area contributed by atoms with Crippen molar-refractivity contribution in [2.45, 2.75) is 62.6 Å². The van der Waals surface area contributed by atoms with E-state index in [1.807, 2.05) is 0 Å². The van der Waals surface area contributed by atoms with Gasteiger partial charge in [-0.15, -0.1) is 0 Å². The molecule has 0 aliphatic carbocycles. The lowest BCUT2D eigenvalue weighted by molar-refractivity contribution is -0.787. The van der Waals surface area contributed by atoms with Gasteiger partial charge in [-0.05, 0) is 33.8 Å². The number of piperidine rings is 1. The standard InChI is InChI=1S/C15H23N3O4S/c1-14(2)9-11(10-15(3,4)17-14)16-23(21,22)13-7-5-6-12(8-13)18(19)20/h5-8,11,16-17H,9-10H2,1-4H3/p+1. The molecule has 1 aromatic rings. The molecule has 0 unspecified atom stereocenters. The van der Waals surface area contributed by atoms with Crippen molar-refractivity contribution in [1.82, 2.24) is 4.72 Å². The van der Waals surface area contributed by atoms with Gasteiger partial charge in [-0.2, -0.15) is 0 Å². The second-order valence-electron chi connectivity index (χ2n) is 7.60. The van der Waals surface area contributed by atoms with Crippen molar-refractivity contribution in [2.24, 2.45) is 0 Å². The molecule has 1 aliphatic rings. The monoisotopic (exact) mass is 342 g/mol. The number of rotatable bonds is 4. The van der Waals surface area contributed by atoms with Crippen molar-refractivity contribution in [3.05, 3.63) is 34.4 Å². The maximum Gasteiger partial charge on any atom is 0.270 e. The van der Waals surface area contributed by atoms with Crippen LogP contribution in [0.25, 0.3) is 0 Å². The molecule has 0 aromatic heterocycles. The predicted octanol–water partition coefficient (Wildman–Crippen LogP) is 1.16. The van der Waals surface area contributed by atoms with Gasteiger partial charge in [0, 0.05) is 31.0 Å². The van der Waals surface area contributed by atoms with E-state index in [1.54, 1.807) is 0 Å². The van der Waals surface area contributed by atoms with Crippen LogP contribution in [0.15, 0.2) is 29.2 Å². The highest BCUT2D eigenvalue weighted by Gasteiger charge is 2.42. The molecule has 1 heterocycles. The number of nitrogens with one attached hydrogen (secondary N) is 1. The summed E-state index contributed by atoms with van der Waals surface area (Å²) in [6.07, 6.45) is 1.40. The molecule has 0 radical (unpaired) electrons. The Morgan fingerprint density at radius 1 is 1.22 bits per heavy atom. The Hall–Kier alpha value is -1.51. The van der Waals surface area contributed by atoms with Crippen molar-refractivity contribution in [3.63, 3.8) is 0 Å². The summed E-state index contributed by atoms with van der Waals surface area (Å²) in [5.74, 6) is 0. The minimum Gasteiger partial charge on any atom is -0.337 e. The van der Waals surface area contributed by atoms with E-state index in [9.17, 15) is 18.5 Å². The second-order valence-corrected chi connectivity index (χ2v) is 9.32. The molecule has 2 rings (SSSR count). The van der Waals surface area contributed by atoms with Crippen LogP contribution in [0.4, 0.5) is 5.69 Å². The number of nitrogens with two attached hydrogens (primary N) is 1. The van der Waals surface area contributed by atoms with Gasteiger partial charge >= 0.3 is 0 Å². The van der Waals surface area contributed by atoms with Crippen molar-refractivity contribution in [3.8, 4) is 0 Å². The lowest BCUT2D eigenvalue weighted by Crippen LogP contribution is -3.06. The predicted molar refractivity (Wildman–Crippen MR) is 86.5 cm³/mol. The van der Waals surface area contributed by atoms with Crippen molar-refractivity contribution in [1.29, 1.82) is 0 Å². The summed E-state index contributed by atoms with van der Waals surface area (Å²) >= 11 is 0. The highest BCUT2D eigenvalue weighted by molar-refractivity contribution is 7.89. The maximum absolute atomic E-state index is 12.6. The third-order valence-electron chi connectivity index (χ3n) is 3.99. The molecule has 1 aliphatic heterocycles. The number of nitro groups is 1. The van der Waals surface area contributed by atoms with Crippen LogP contribution >= 0.6 is 0 Å². The maximum atomic E-state index is 12.6. The zero-order chi connectivity index (χ0) is 17.5. The molecular formula is C15H24N3O4S+. The Bertz CT molecular complexity index is 697. The molecular weight excluding hydrogens is 318 g/mol. The summed E-state index contributed by atoms with van der Waals surface area (Å²) in [6.45, 7) is 8.34. The fourth-order valence-electron chi connectivity index (χ4n) is 3.65. The van der Waals surface area contributed by atoms with Crippen LogP contribution in [0.3, 0.4) is 0 Å². The summed E-state index contributed by atoms with van der Waals surface area (Å²) in [4.78, 5) is 10.2. The topological polar surface area (TPSA) is 106 Å². The molecule has 8 heteroatoms. The van der Waals surface area contributed by atoms with Crippen LogP contribution in [0.5, 0.6) is 0 Å². The average Bonchev–Trinajstić information content (AvgIpc) is 2.34. The first kappa shape index (κ1) is 17.8. The fraction of sp³-hybridized carbons (Fsp3) is 0.600. The van der Waals surface area contributed by atoms with Crippen LogP contribution in [0.1, 0.15) is 40.5 Å². The lowest BCUT2D eigenvalue weighted by atomic mass is 9.80. The molecule has 1 aromatic carbocycles. The molecule has 23 heavy (non-hydrogen) atoms. The van der Waals surface area contributed by atoms with E-state index in [2.05, 4.69) is 37.7 Å². The van der Waals surface area contributed by atoms with Gasteiger partial charge in [0.25, 0.3) is 5.69 Å². The third-order valence-corrected chi connectivity index (χ3v) is 5.51. The number of non-ortho nitro benzene ring substituents is 1. The molecule has 7 nitrogen and oxygen atoms in total. The van der Waals surface area contributed by atoms with Crippen molar-refractivity contribution >= 4 is 15.7 Å². The van der Waals surface area contributed by atoms with E-state index in [0.29, 0.717) is 12.8 Å².